The third-order valence-corrected chi connectivity index (χ3v) is 3.97. The highest BCUT2D eigenvalue weighted by Crippen LogP contribution is 2.22. The predicted molar refractivity (Wildman–Crippen MR) is 75.1 cm³/mol. The molecule has 0 aromatic heterocycles. The van der Waals surface area contributed by atoms with Gasteiger partial charge in [-0.2, -0.15) is 0 Å². The third kappa shape index (κ3) is 3.33. The second kappa shape index (κ2) is 6.16. The number of benzene rings is 1. The summed E-state index contributed by atoms with van der Waals surface area (Å²) < 4.78 is 0.812. The average Bonchev–Trinajstić information content (AvgIpc) is 2.42. The maximum absolute atomic E-state index is 11.8. The van der Waals surface area contributed by atoms with E-state index in [0.29, 0.717) is 18.5 Å². The fraction of sp³-hybridized carbons (Fsp3) is 0.385. The standard InChI is InChI=1S/C13H16BrN3O2/c14-11-7-9(13(19)16-15)4-5-10(11)8-17-6-2-1-3-12(17)18/h4-5,7H,1-3,6,8,15H2,(H,16,19). The Hall–Kier alpha value is -1.40. The fourth-order valence-corrected chi connectivity index (χ4v) is 2.64. The minimum atomic E-state index is -0.332. The lowest BCUT2D eigenvalue weighted by atomic mass is 10.1. The molecule has 102 valence electrons. The second-order valence-electron chi connectivity index (χ2n) is 4.55. The van der Waals surface area contributed by atoms with Gasteiger partial charge in [0.25, 0.3) is 5.91 Å². The summed E-state index contributed by atoms with van der Waals surface area (Å²) in [4.78, 5) is 25.0. The third-order valence-electron chi connectivity index (χ3n) is 3.23. The molecule has 0 atom stereocenters. The van der Waals surface area contributed by atoms with Gasteiger partial charge in [0.15, 0.2) is 0 Å². The molecule has 1 saturated heterocycles. The van der Waals surface area contributed by atoms with Gasteiger partial charge < -0.3 is 4.90 Å². The Balaban J connectivity index is 2.12. The van der Waals surface area contributed by atoms with Gasteiger partial charge in [0, 0.05) is 29.5 Å². The number of hydrogen-bond acceptors (Lipinski definition) is 3. The molecule has 3 N–H and O–H groups in total. The summed E-state index contributed by atoms with van der Waals surface area (Å²) in [6, 6.07) is 5.26. The molecule has 1 aromatic carbocycles. The van der Waals surface area contributed by atoms with Crippen molar-refractivity contribution in [3.8, 4) is 0 Å². The molecule has 2 amide bonds. The lowest BCUT2D eigenvalue weighted by Crippen LogP contribution is -2.34. The average molecular weight is 326 g/mol. The molecule has 1 fully saturated rings. The molecule has 5 nitrogen and oxygen atoms in total. The van der Waals surface area contributed by atoms with Crippen molar-refractivity contribution in [2.75, 3.05) is 6.54 Å². The number of likely N-dealkylation sites (tertiary alicyclic amines) is 1. The van der Waals surface area contributed by atoms with E-state index in [1.54, 1.807) is 12.1 Å². The van der Waals surface area contributed by atoms with Gasteiger partial charge in [-0.1, -0.05) is 22.0 Å². The van der Waals surface area contributed by atoms with Crippen molar-refractivity contribution < 1.29 is 9.59 Å². The fourth-order valence-electron chi connectivity index (χ4n) is 2.13. The van der Waals surface area contributed by atoms with E-state index in [1.165, 1.54) is 0 Å². The maximum atomic E-state index is 11.8. The molecule has 0 bridgehead atoms. The molecule has 0 saturated carbocycles. The monoisotopic (exact) mass is 325 g/mol. The van der Waals surface area contributed by atoms with Gasteiger partial charge in [-0.25, -0.2) is 5.84 Å². The highest BCUT2D eigenvalue weighted by atomic mass is 79.9. The number of hydrogen-bond donors (Lipinski definition) is 2. The van der Waals surface area contributed by atoms with Crippen molar-refractivity contribution in [2.45, 2.75) is 25.8 Å². The Kier molecular flexibility index (Phi) is 4.55. The molecule has 2 rings (SSSR count). The topological polar surface area (TPSA) is 75.4 Å². The second-order valence-corrected chi connectivity index (χ2v) is 5.41. The maximum Gasteiger partial charge on any atom is 0.265 e. The summed E-state index contributed by atoms with van der Waals surface area (Å²) in [6.07, 6.45) is 2.66. The van der Waals surface area contributed by atoms with Gasteiger partial charge in [-0.3, -0.25) is 15.0 Å². The number of carbonyl (C=O) groups excluding carboxylic acids is 2. The number of nitrogens with two attached hydrogens (primary N) is 1. The number of amides is 2. The van der Waals surface area contributed by atoms with Crippen LogP contribution in [0.4, 0.5) is 0 Å². The number of nitrogen functional groups attached to an aromatic ring is 1. The Morgan fingerprint density at radius 3 is 2.84 bits per heavy atom. The molecule has 0 radical (unpaired) electrons. The molecule has 0 aliphatic carbocycles. The van der Waals surface area contributed by atoms with Gasteiger partial charge in [-0.05, 0) is 30.5 Å². The van der Waals surface area contributed by atoms with Crippen LogP contribution in [0.15, 0.2) is 22.7 Å². The molecule has 0 spiro atoms. The molecular weight excluding hydrogens is 310 g/mol. The van der Waals surface area contributed by atoms with E-state index in [9.17, 15) is 9.59 Å². The number of rotatable bonds is 3. The minimum absolute atomic E-state index is 0.196. The molecule has 1 aromatic rings. The summed E-state index contributed by atoms with van der Waals surface area (Å²) in [7, 11) is 0. The number of hydrazine groups is 1. The number of carbonyl (C=O) groups is 2. The Labute approximate surface area is 120 Å². The normalized spacial score (nSPS) is 15.5. The predicted octanol–water partition coefficient (Wildman–Crippen LogP) is 1.57. The van der Waals surface area contributed by atoms with Crippen molar-refractivity contribution in [1.82, 2.24) is 10.3 Å². The minimum Gasteiger partial charge on any atom is -0.338 e. The zero-order chi connectivity index (χ0) is 13.8. The van der Waals surface area contributed by atoms with Gasteiger partial charge in [0.2, 0.25) is 5.91 Å². The quantitative estimate of drug-likeness (QED) is 0.503. The van der Waals surface area contributed by atoms with Crippen molar-refractivity contribution in [2.24, 2.45) is 5.84 Å². The first-order valence-electron chi connectivity index (χ1n) is 6.19. The van der Waals surface area contributed by atoms with E-state index in [1.807, 2.05) is 11.0 Å². The summed E-state index contributed by atoms with van der Waals surface area (Å²) >= 11 is 3.43. The lowest BCUT2D eigenvalue weighted by molar-refractivity contribution is -0.133. The van der Waals surface area contributed by atoms with E-state index in [4.69, 9.17) is 5.84 Å². The van der Waals surface area contributed by atoms with Crippen molar-refractivity contribution in [3.05, 3.63) is 33.8 Å². The van der Waals surface area contributed by atoms with Crippen LogP contribution >= 0.6 is 15.9 Å². The Bertz CT molecular complexity index is 505. The van der Waals surface area contributed by atoms with Gasteiger partial charge in [0.05, 0.1) is 0 Å². The Morgan fingerprint density at radius 2 is 2.21 bits per heavy atom. The molecule has 1 aliphatic rings. The first-order valence-corrected chi connectivity index (χ1v) is 6.98. The number of piperidine rings is 1. The van der Waals surface area contributed by atoms with Crippen LogP contribution in [0.3, 0.4) is 0 Å². The Morgan fingerprint density at radius 1 is 1.42 bits per heavy atom. The van der Waals surface area contributed by atoms with Gasteiger partial charge in [0.1, 0.15) is 0 Å². The number of nitrogens with one attached hydrogen (secondary N) is 1. The summed E-state index contributed by atoms with van der Waals surface area (Å²) in [5.74, 6) is 4.96. The number of halogens is 1. The zero-order valence-electron chi connectivity index (χ0n) is 10.5. The van der Waals surface area contributed by atoms with Crippen LogP contribution in [-0.2, 0) is 11.3 Å². The SMILES string of the molecule is NNC(=O)c1ccc(CN2CCCCC2=O)c(Br)c1. The molecule has 19 heavy (non-hydrogen) atoms. The van der Waals surface area contributed by atoms with E-state index < -0.39 is 0 Å². The molecular formula is C13H16BrN3O2. The van der Waals surface area contributed by atoms with Crippen LogP contribution in [-0.4, -0.2) is 23.3 Å². The van der Waals surface area contributed by atoms with E-state index in [-0.39, 0.29) is 11.8 Å². The van der Waals surface area contributed by atoms with Crippen molar-refractivity contribution in [1.29, 1.82) is 0 Å². The van der Waals surface area contributed by atoms with Crippen LogP contribution in [0.1, 0.15) is 35.2 Å². The largest absolute Gasteiger partial charge is 0.338 e. The summed E-state index contributed by atoms with van der Waals surface area (Å²) in [5.41, 5.74) is 3.57. The van der Waals surface area contributed by atoms with E-state index >= 15 is 0 Å². The first-order chi connectivity index (χ1) is 9.11. The lowest BCUT2D eigenvalue weighted by Gasteiger charge is -2.27. The van der Waals surface area contributed by atoms with Crippen LogP contribution in [0.2, 0.25) is 0 Å². The smallest absolute Gasteiger partial charge is 0.265 e. The van der Waals surface area contributed by atoms with Crippen LogP contribution in [0.5, 0.6) is 0 Å². The molecule has 1 aliphatic heterocycles. The first kappa shape index (κ1) is 14.0. The highest BCUT2D eigenvalue weighted by molar-refractivity contribution is 9.10. The number of nitrogens with zero attached hydrogens (tertiary/aromatic N) is 1. The van der Waals surface area contributed by atoms with Crippen LogP contribution in [0, 0.1) is 0 Å². The van der Waals surface area contributed by atoms with Gasteiger partial charge >= 0.3 is 0 Å². The molecule has 0 unspecified atom stereocenters. The van der Waals surface area contributed by atoms with Crippen LogP contribution < -0.4 is 11.3 Å². The van der Waals surface area contributed by atoms with E-state index in [2.05, 4.69) is 21.4 Å². The summed E-state index contributed by atoms with van der Waals surface area (Å²) in [6.45, 7) is 1.38. The van der Waals surface area contributed by atoms with E-state index in [0.717, 1.165) is 29.4 Å². The summed E-state index contributed by atoms with van der Waals surface area (Å²) in [5, 5.41) is 0. The van der Waals surface area contributed by atoms with Gasteiger partial charge in [-0.15, -0.1) is 0 Å². The molecule has 1 heterocycles. The zero-order valence-corrected chi connectivity index (χ0v) is 12.1. The van der Waals surface area contributed by atoms with Crippen molar-refractivity contribution in [3.63, 3.8) is 0 Å². The molecule has 6 heteroatoms. The van der Waals surface area contributed by atoms with Crippen LogP contribution in [0.25, 0.3) is 0 Å². The highest BCUT2D eigenvalue weighted by Gasteiger charge is 2.19. The van der Waals surface area contributed by atoms with Crippen molar-refractivity contribution >= 4 is 27.7 Å².